The van der Waals surface area contributed by atoms with Gasteiger partial charge in [-0.15, -0.1) is 5.92 Å². The molecule has 39 heavy (non-hydrogen) atoms. The molecule has 4 aromatic rings. The van der Waals surface area contributed by atoms with E-state index in [1.54, 1.807) is 37.3 Å². The number of nitrogens with zero attached hydrogens (tertiary/aromatic N) is 5. The number of rotatable bonds is 4. The third-order valence-electron chi connectivity index (χ3n) is 6.63. The van der Waals surface area contributed by atoms with Gasteiger partial charge in [-0.1, -0.05) is 5.92 Å². The number of nitrogens with one attached hydrogen (secondary N) is 1. The van der Waals surface area contributed by atoms with E-state index in [9.17, 15) is 18.4 Å². The van der Waals surface area contributed by atoms with Crippen LogP contribution in [0, 0.1) is 34.8 Å². The molecule has 0 aliphatic carbocycles. The Morgan fingerprint density at radius 3 is 2.49 bits per heavy atom. The first-order valence-corrected chi connectivity index (χ1v) is 12.2. The van der Waals surface area contributed by atoms with Crippen LogP contribution < -0.4 is 10.5 Å². The van der Waals surface area contributed by atoms with E-state index in [-0.39, 0.29) is 17.5 Å². The zero-order valence-electron chi connectivity index (χ0n) is 21.0. The molecule has 2 aromatic carbocycles. The number of carbonyl (C=O) groups excluding carboxylic acids is 1. The molecule has 5 rings (SSSR count). The highest BCUT2D eigenvalue weighted by Gasteiger charge is 2.26. The number of H-pyrrole nitrogens is 1. The number of anilines is 1. The maximum atomic E-state index is 14.9. The average molecular weight is 525 g/mol. The lowest BCUT2D eigenvalue weighted by Gasteiger charge is -2.35. The first-order valence-electron chi connectivity index (χ1n) is 12.2. The summed E-state index contributed by atoms with van der Waals surface area (Å²) in [6.07, 6.45) is 1.42. The second-order valence-corrected chi connectivity index (χ2v) is 9.03. The first kappa shape index (κ1) is 25.6. The fourth-order valence-electron chi connectivity index (χ4n) is 4.60. The number of hydrogen-bond donors (Lipinski definition) is 1. The lowest BCUT2D eigenvalue weighted by molar-refractivity contribution is 0.0741. The van der Waals surface area contributed by atoms with E-state index in [2.05, 4.69) is 27.0 Å². The van der Waals surface area contributed by atoms with Crippen molar-refractivity contribution in [2.24, 2.45) is 0 Å². The van der Waals surface area contributed by atoms with Crippen molar-refractivity contribution < 1.29 is 13.6 Å². The molecule has 1 fully saturated rings. The van der Waals surface area contributed by atoms with Gasteiger partial charge in [0.1, 0.15) is 23.5 Å². The third-order valence-corrected chi connectivity index (χ3v) is 6.63. The molecule has 1 N–H and O–H groups in total. The van der Waals surface area contributed by atoms with Crippen LogP contribution in [0.5, 0.6) is 0 Å². The fraction of sp³-hybridized carbons (Fsp3) is 0.207. The molecule has 0 unspecified atom stereocenters. The minimum Gasteiger partial charge on any atom is -0.353 e. The number of nitriles is 1. The Balaban J connectivity index is 1.38. The van der Waals surface area contributed by atoms with Crippen molar-refractivity contribution in [2.45, 2.75) is 13.3 Å². The second-order valence-electron chi connectivity index (χ2n) is 9.03. The molecule has 0 spiro atoms. The van der Waals surface area contributed by atoms with Crippen molar-refractivity contribution >= 4 is 22.5 Å². The highest BCUT2D eigenvalue weighted by molar-refractivity contribution is 5.95. The summed E-state index contributed by atoms with van der Waals surface area (Å²) >= 11 is 0. The van der Waals surface area contributed by atoms with Crippen LogP contribution in [0.15, 0.2) is 53.5 Å². The maximum absolute atomic E-state index is 14.9. The highest BCUT2D eigenvalue weighted by atomic mass is 19.1. The molecule has 1 aliphatic rings. The number of pyridine rings is 1. The van der Waals surface area contributed by atoms with Crippen LogP contribution >= 0.6 is 0 Å². The SMILES string of the molecule is CC#Cc1ccc2c(=O)[nH]nc(Cc3cc(C(=O)N4CCN(c5ccc(C#N)cn5)CC4)c(F)cc3F)c2c1. The predicted molar refractivity (Wildman–Crippen MR) is 141 cm³/mol. The van der Waals surface area contributed by atoms with E-state index < -0.39 is 23.1 Å². The Morgan fingerprint density at radius 1 is 1.03 bits per heavy atom. The van der Waals surface area contributed by atoms with Crippen LogP contribution in [0.1, 0.15) is 39.7 Å². The molecule has 1 aliphatic heterocycles. The molecule has 3 heterocycles. The summed E-state index contributed by atoms with van der Waals surface area (Å²) in [5.74, 6) is 4.11. The number of carbonyl (C=O) groups is 1. The molecular weight excluding hydrogens is 502 g/mol. The van der Waals surface area contributed by atoms with E-state index in [4.69, 9.17) is 5.26 Å². The topological polar surface area (TPSA) is 106 Å². The number of piperazine rings is 1. The van der Waals surface area contributed by atoms with Gasteiger partial charge in [0.25, 0.3) is 11.5 Å². The third kappa shape index (κ3) is 5.18. The van der Waals surface area contributed by atoms with E-state index in [0.29, 0.717) is 65.7 Å². The van der Waals surface area contributed by atoms with Crippen molar-refractivity contribution in [3.05, 3.63) is 98.6 Å². The highest BCUT2D eigenvalue weighted by Crippen LogP contribution is 2.24. The van der Waals surface area contributed by atoms with Gasteiger partial charge in [0.15, 0.2) is 0 Å². The number of fused-ring (bicyclic) bond motifs is 1. The molecule has 0 saturated carbocycles. The Kier molecular flexibility index (Phi) is 7.02. The number of halogens is 2. The molecule has 1 amide bonds. The normalized spacial score (nSPS) is 13.1. The van der Waals surface area contributed by atoms with E-state index in [1.807, 2.05) is 11.0 Å². The molecule has 1 saturated heterocycles. The van der Waals surface area contributed by atoms with Gasteiger partial charge in [-0.25, -0.2) is 18.9 Å². The Hall–Kier alpha value is -5.09. The Morgan fingerprint density at radius 2 is 1.79 bits per heavy atom. The molecule has 194 valence electrons. The van der Waals surface area contributed by atoms with Gasteiger partial charge < -0.3 is 9.80 Å². The first-order chi connectivity index (χ1) is 18.9. The average Bonchev–Trinajstić information content (AvgIpc) is 2.96. The van der Waals surface area contributed by atoms with Crippen molar-refractivity contribution in [1.82, 2.24) is 20.1 Å². The Bertz CT molecular complexity index is 1740. The van der Waals surface area contributed by atoms with E-state index in [1.165, 1.54) is 17.2 Å². The van der Waals surface area contributed by atoms with Gasteiger partial charge in [0, 0.05) is 55.8 Å². The zero-order valence-corrected chi connectivity index (χ0v) is 21.0. The van der Waals surface area contributed by atoms with Crippen LogP contribution in [0.2, 0.25) is 0 Å². The molecule has 0 atom stereocenters. The molecule has 8 nitrogen and oxygen atoms in total. The number of hydrogen-bond acceptors (Lipinski definition) is 6. The van der Waals surface area contributed by atoms with Crippen molar-refractivity contribution in [3.63, 3.8) is 0 Å². The smallest absolute Gasteiger partial charge is 0.272 e. The van der Waals surface area contributed by atoms with Gasteiger partial charge in [-0.2, -0.15) is 10.4 Å². The van der Waals surface area contributed by atoms with Crippen LogP contribution in [0.4, 0.5) is 14.6 Å². The lowest BCUT2D eigenvalue weighted by atomic mass is 10.00. The molecule has 0 bridgehead atoms. The van der Waals surface area contributed by atoms with Crippen molar-refractivity contribution in [3.8, 4) is 17.9 Å². The maximum Gasteiger partial charge on any atom is 0.272 e. The Labute approximate surface area is 222 Å². The molecule has 10 heteroatoms. The van der Waals surface area contributed by atoms with Crippen LogP contribution in [0.3, 0.4) is 0 Å². The van der Waals surface area contributed by atoms with Gasteiger partial charge >= 0.3 is 0 Å². The fourth-order valence-corrected chi connectivity index (χ4v) is 4.60. The minimum absolute atomic E-state index is 0.0686. The largest absolute Gasteiger partial charge is 0.353 e. The number of amides is 1. The van der Waals surface area contributed by atoms with Gasteiger partial charge in [0.05, 0.1) is 22.2 Å². The number of aromatic nitrogens is 3. The molecule has 0 radical (unpaired) electrons. The molecular formula is C29H22F2N6O2. The van der Waals surface area contributed by atoms with E-state index in [0.717, 1.165) is 0 Å². The predicted octanol–water partition coefficient (Wildman–Crippen LogP) is 3.39. The summed E-state index contributed by atoms with van der Waals surface area (Å²) in [4.78, 5) is 33.3. The lowest BCUT2D eigenvalue weighted by Crippen LogP contribution is -2.49. The van der Waals surface area contributed by atoms with Crippen LogP contribution in [-0.4, -0.2) is 52.2 Å². The van der Waals surface area contributed by atoms with Crippen molar-refractivity contribution in [2.75, 3.05) is 31.1 Å². The van der Waals surface area contributed by atoms with Gasteiger partial charge in [-0.3, -0.25) is 9.59 Å². The van der Waals surface area contributed by atoms with Crippen LogP contribution in [0.25, 0.3) is 10.8 Å². The minimum atomic E-state index is -0.947. The quantitative estimate of drug-likeness (QED) is 0.411. The summed E-state index contributed by atoms with van der Waals surface area (Å²) in [7, 11) is 0. The van der Waals surface area contributed by atoms with Gasteiger partial charge in [-0.05, 0) is 48.9 Å². The summed E-state index contributed by atoms with van der Waals surface area (Å²) in [6.45, 7) is 3.27. The van der Waals surface area contributed by atoms with Crippen molar-refractivity contribution in [1.29, 1.82) is 5.26 Å². The summed E-state index contributed by atoms with van der Waals surface area (Å²) in [6, 6.07) is 12.4. The van der Waals surface area contributed by atoms with E-state index >= 15 is 0 Å². The number of aromatic amines is 1. The summed E-state index contributed by atoms with van der Waals surface area (Å²) < 4.78 is 29.7. The summed E-state index contributed by atoms with van der Waals surface area (Å²) in [5, 5.41) is 16.3. The zero-order chi connectivity index (χ0) is 27.5. The standard InChI is InChI=1S/C29H22F2N6O2/c1-2-3-18-4-6-21-22(12-18)26(34-35-28(21)38)14-20-13-23(25(31)15-24(20)30)29(39)37-10-8-36(9-11-37)27-7-5-19(16-32)17-33-27/h4-7,12-13,15,17H,8-11,14H2,1H3,(H,35,38). The second kappa shape index (κ2) is 10.7. The number of benzene rings is 2. The monoisotopic (exact) mass is 524 g/mol. The van der Waals surface area contributed by atoms with Crippen LogP contribution in [-0.2, 0) is 6.42 Å². The van der Waals surface area contributed by atoms with Gasteiger partial charge in [0.2, 0.25) is 0 Å². The molecule has 2 aromatic heterocycles. The summed E-state index contributed by atoms with van der Waals surface area (Å²) in [5.41, 5.74) is 0.947.